The molecule has 2 rings (SSSR count). The minimum absolute atomic E-state index is 0.162. The Kier molecular flexibility index (Phi) is 5.59. The smallest absolute Gasteiger partial charge is 0.131 e. The summed E-state index contributed by atoms with van der Waals surface area (Å²) in [7, 11) is 1.56. The van der Waals surface area contributed by atoms with Crippen LogP contribution in [0.2, 0.25) is 5.02 Å². The fourth-order valence-corrected chi connectivity index (χ4v) is 2.67. The van der Waals surface area contributed by atoms with Gasteiger partial charge in [-0.1, -0.05) is 36.7 Å². The van der Waals surface area contributed by atoms with Gasteiger partial charge in [0, 0.05) is 16.6 Å². The highest BCUT2D eigenvalue weighted by Crippen LogP contribution is 2.30. The first kappa shape index (κ1) is 15.8. The number of nitrogens with one attached hydrogen (secondary N) is 1. The molecule has 2 aromatic carbocycles. The Morgan fingerprint density at radius 2 is 2.00 bits per heavy atom. The number of likely N-dealkylation sites (N-methyl/N-ethyl adjacent to an activating group) is 1. The summed E-state index contributed by atoms with van der Waals surface area (Å²) in [6.45, 7) is 2.74. The molecule has 0 saturated carbocycles. The molecule has 0 aliphatic carbocycles. The van der Waals surface area contributed by atoms with Crippen LogP contribution in [0.15, 0.2) is 42.5 Å². The lowest BCUT2D eigenvalue weighted by atomic mass is 9.97. The number of ether oxygens (including phenoxy) is 1. The quantitative estimate of drug-likeness (QED) is 0.855. The summed E-state index contributed by atoms with van der Waals surface area (Å²) in [6.07, 6.45) is 0.645. The van der Waals surface area contributed by atoms with Crippen molar-refractivity contribution in [1.82, 2.24) is 5.32 Å². The van der Waals surface area contributed by atoms with Crippen LogP contribution in [0.25, 0.3) is 0 Å². The van der Waals surface area contributed by atoms with Crippen LogP contribution in [-0.4, -0.2) is 13.7 Å². The summed E-state index contributed by atoms with van der Waals surface area (Å²) in [4.78, 5) is 0. The Morgan fingerprint density at radius 3 is 2.67 bits per heavy atom. The largest absolute Gasteiger partial charge is 0.496 e. The molecule has 0 spiro atoms. The van der Waals surface area contributed by atoms with Crippen LogP contribution in [0.3, 0.4) is 0 Å². The standard InChI is InChI=1S/C17H19ClFNO/c1-3-20-15(11-12-6-4-7-13(18)10-12)17-14(19)8-5-9-16(17)21-2/h4-10,15,20H,3,11H2,1-2H3. The molecule has 1 N–H and O–H groups in total. The first-order chi connectivity index (χ1) is 10.2. The van der Waals surface area contributed by atoms with Crippen molar-refractivity contribution in [2.75, 3.05) is 13.7 Å². The van der Waals surface area contributed by atoms with Gasteiger partial charge in [-0.15, -0.1) is 0 Å². The average Bonchev–Trinajstić information content (AvgIpc) is 2.46. The van der Waals surface area contributed by atoms with Crippen molar-refractivity contribution in [2.45, 2.75) is 19.4 Å². The van der Waals surface area contributed by atoms with Crippen LogP contribution in [0.4, 0.5) is 4.39 Å². The molecule has 0 radical (unpaired) electrons. The first-order valence-corrected chi connectivity index (χ1v) is 7.33. The van der Waals surface area contributed by atoms with Gasteiger partial charge in [0.25, 0.3) is 0 Å². The third kappa shape index (κ3) is 3.96. The molecule has 1 atom stereocenters. The maximum atomic E-state index is 14.2. The minimum atomic E-state index is -0.262. The molecule has 0 bridgehead atoms. The molecule has 0 aliphatic rings. The van der Waals surface area contributed by atoms with Gasteiger partial charge in [-0.2, -0.15) is 0 Å². The van der Waals surface area contributed by atoms with Gasteiger partial charge in [0.15, 0.2) is 0 Å². The van der Waals surface area contributed by atoms with Crippen molar-refractivity contribution < 1.29 is 9.13 Å². The second-order valence-corrected chi connectivity index (χ2v) is 5.24. The maximum absolute atomic E-state index is 14.2. The molecule has 0 aromatic heterocycles. The molecule has 0 aliphatic heterocycles. The number of hydrogen-bond donors (Lipinski definition) is 1. The number of hydrogen-bond acceptors (Lipinski definition) is 2. The Bertz CT molecular complexity index is 603. The van der Waals surface area contributed by atoms with Crippen LogP contribution in [-0.2, 0) is 6.42 Å². The third-order valence-electron chi connectivity index (χ3n) is 3.36. The lowest BCUT2D eigenvalue weighted by Gasteiger charge is -2.21. The SMILES string of the molecule is CCNC(Cc1cccc(Cl)c1)c1c(F)cccc1OC. The minimum Gasteiger partial charge on any atom is -0.496 e. The van der Waals surface area contributed by atoms with Gasteiger partial charge < -0.3 is 10.1 Å². The maximum Gasteiger partial charge on any atom is 0.131 e. The molecule has 2 aromatic rings. The van der Waals surface area contributed by atoms with E-state index in [0.717, 1.165) is 12.1 Å². The number of rotatable bonds is 6. The fourth-order valence-electron chi connectivity index (χ4n) is 2.46. The number of benzene rings is 2. The van der Waals surface area contributed by atoms with E-state index >= 15 is 0 Å². The third-order valence-corrected chi connectivity index (χ3v) is 3.60. The van der Waals surface area contributed by atoms with Gasteiger partial charge >= 0.3 is 0 Å². The zero-order valence-electron chi connectivity index (χ0n) is 12.2. The first-order valence-electron chi connectivity index (χ1n) is 6.96. The second kappa shape index (κ2) is 7.43. The van der Waals surface area contributed by atoms with Crippen molar-refractivity contribution in [3.05, 3.63) is 64.4 Å². The Morgan fingerprint density at radius 1 is 1.24 bits per heavy atom. The van der Waals surface area contributed by atoms with Crippen LogP contribution in [0.1, 0.15) is 24.1 Å². The lowest BCUT2D eigenvalue weighted by molar-refractivity contribution is 0.390. The summed E-state index contributed by atoms with van der Waals surface area (Å²) in [5.74, 6) is 0.297. The van der Waals surface area contributed by atoms with E-state index in [9.17, 15) is 4.39 Å². The zero-order valence-corrected chi connectivity index (χ0v) is 13.0. The van der Waals surface area contributed by atoms with E-state index in [1.807, 2.05) is 31.2 Å². The Balaban J connectivity index is 2.35. The van der Waals surface area contributed by atoms with Crippen LogP contribution in [0.5, 0.6) is 5.75 Å². The van der Waals surface area contributed by atoms with Gasteiger partial charge in [0.2, 0.25) is 0 Å². The molecular weight excluding hydrogens is 289 g/mol. The predicted molar refractivity (Wildman–Crippen MR) is 84.5 cm³/mol. The molecule has 0 saturated heterocycles. The molecule has 4 heteroatoms. The Hall–Kier alpha value is -1.58. The van der Waals surface area contributed by atoms with E-state index in [1.54, 1.807) is 19.2 Å². The molecule has 0 heterocycles. The van der Waals surface area contributed by atoms with Gasteiger partial charge in [0.05, 0.1) is 7.11 Å². The van der Waals surface area contributed by atoms with Crippen LogP contribution >= 0.6 is 11.6 Å². The molecule has 0 fully saturated rings. The van der Waals surface area contributed by atoms with E-state index in [0.29, 0.717) is 22.8 Å². The monoisotopic (exact) mass is 307 g/mol. The molecule has 21 heavy (non-hydrogen) atoms. The summed E-state index contributed by atoms with van der Waals surface area (Å²) >= 11 is 6.02. The zero-order chi connectivity index (χ0) is 15.2. The lowest BCUT2D eigenvalue weighted by Crippen LogP contribution is -2.24. The van der Waals surface area contributed by atoms with Crippen molar-refractivity contribution in [3.8, 4) is 5.75 Å². The van der Waals surface area contributed by atoms with E-state index in [1.165, 1.54) is 6.07 Å². The number of halogens is 2. The molecule has 2 nitrogen and oxygen atoms in total. The summed E-state index contributed by atoms with van der Waals surface area (Å²) in [6, 6.07) is 12.4. The summed E-state index contributed by atoms with van der Waals surface area (Å²) in [5, 5.41) is 4.00. The topological polar surface area (TPSA) is 21.3 Å². The highest BCUT2D eigenvalue weighted by Gasteiger charge is 2.20. The van der Waals surface area contributed by atoms with Gasteiger partial charge in [-0.05, 0) is 42.8 Å². The van der Waals surface area contributed by atoms with E-state index < -0.39 is 0 Å². The summed E-state index contributed by atoms with van der Waals surface area (Å²) in [5.41, 5.74) is 1.61. The van der Waals surface area contributed by atoms with Crippen LogP contribution < -0.4 is 10.1 Å². The predicted octanol–water partition coefficient (Wildman–Crippen LogP) is 4.38. The van der Waals surface area contributed by atoms with E-state index in [4.69, 9.17) is 16.3 Å². The van der Waals surface area contributed by atoms with Gasteiger partial charge in [-0.3, -0.25) is 0 Å². The highest BCUT2D eigenvalue weighted by atomic mass is 35.5. The highest BCUT2D eigenvalue weighted by molar-refractivity contribution is 6.30. The van der Waals surface area contributed by atoms with Crippen molar-refractivity contribution in [3.63, 3.8) is 0 Å². The van der Waals surface area contributed by atoms with E-state index in [2.05, 4.69) is 5.32 Å². The van der Waals surface area contributed by atoms with Crippen molar-refractivity contribution in [2.24, 2.45) is 0 Å². The number of methoxy groups -OCH3 is 1. The summed E-state index contributed by atoms with van der Waals surface area (Å²) < 4.78 is 19.6. The van der Waals surface area contributed by atoms with E-state index in [-0.39, 0.29) is 11.9 Å². The van der Waals surface area contributed by atoms with Crippen molar-refractivity contribution in [1.29, 1.82) is 0 Å². The van der Waals surface area contributed by atoms with Gasteiger partial charge in [-0.25, -0.2) is 4.39 Å². The van der Waals surface area contributed by atoms with Crippen LogP contribution in [0, 0.1) is 5.82 Å². The average molecular weight is 308 g/mol. The Labute approximate surface area is 129 Å². The normalized spacial score (nSPS) is 12.2. The molecule has 1 unspecified atom stereocenters. The molecule has 112 valence electrons. The van der Waals surface area contributed by atoms with Crippen molar-refractivity contribution >= 4 is 11.6 Å². The molecular formula is C17H19ClFNO. The molecule has 0 amide bonds. The second-order valence-electron chi connectivity index (χ2n) is 4.80. The van der Waals surface area contributed by atoms with Gasteiger partial charge in [0.1, 0.15) is 11.6 Å². The fraction of sp³-hybridized carbons (Fsp3) is 0.294.